The lowest BCUT2D eigenvalue weighted by Crippen LogP contribution is -2.44. The van der Waals surface area contributed by atoms with E-state index in [4.69, 9.17) is 0 Å². The summed E-state index contributed by atoms with van der Waals surface area (Å²) in [5, 5.41) is 3.28. The number of nitrogens with zero attached hydrogens (tertiary/aromatic N) is 1. The van der Waals surface area contributed by atoms with Crippen LogP contribution >= 0.6 is 22.6 Å². The highest BCUT2D eigenvalue weighted by atomic mass is 127. The van der Waals surface area contributed by atoms with Gasteiger partial charge < -0.3 is 10.2 Å². The monoisotopic (exact) mass is 358 g/mol. The van der Waals surface area contributed by atoms with Gasteiger partial charge in [0, 0.05) is 22.7 Å². The number of hydrogen-bond donors (Lipinski definition) is 1. The number of likely N-dealkylation sites (tertiary alicyclic amines) is 1. The Morgan fingerprint density at radius 3 is 2.67 bits per heavy atom. The minimum Gasteiger partial charge on any atom is -0.338 e. The van der Waals surface area contributed by atoms with Crippen LogP contribution in [0, 0.1) is 10.5 Å². The van der Waals surface area contributed by atoms with Crippen molar-refractivity contribution >= 4 is 28.5 Å². The lowest BCUT2D eigenvalue weighted by molar-refractivity contribution is 0.0706. The third kappa shape index (κ3) is 3.03. The highest BCUT2D eigenvalue weighted by Crippen LogP contribution is 2.19. The average molecular weight is 358 g/mol. The highest BCUT2D eigenvalue weighted by Gasteiger charge is 2.23. The first-order valence-corrected chi connectivity index (χ1v) is 7.42. The predicted molar refractivity (Wildman–Crippen MR) is 81.9 cm³/mol. The van der Waals surface area contributed by atoms with Crippen LogP contribution in [0.4, 0.5) is 0 Å². The summed E-state index contributed by atoms with van der Waals surface area (Å²) in [6.07, 6.45) is 2.09. The molecular weight excluding hydrogens is 339 g/mol. The van der Waals surface area contributed by atoms with Gasteiger partial charge in [-0.2, -0.15) is 0 Å². The minimum atomic E-state index is 0.178. The SMILES string of the molecule is CNC1CCN(C(=O)c2cc(C)ccc2I)CC1. The van der Waals surface area contributed by atoms with Gasteiger partial charge in [-0.25, -0.2) is 0 Å². The first-order valence-electron chi connectivity index (χ1n) is 6.34. The zero-order chi connectivity index (χ0) is 13.1. The van der Waals surface area contributed by atoms with Gasteiger partial charge in [0.1, 0.15) is 0 Å². The van der Waals surface area contributed by atoms with Crippen LogP contribution in [0.1, 0.15) is 28.8 Å². The normalized spacial score (nSPS) is 16.9. The Hall–Kier alpha value is -0.620. The maximum Gasteiger partial charge on any atom is 0.254 e. The number of rotatable bonds is 2. The van der Waals surface area contributed by atoms with Gasteiger partial charge in [-0.05, 0) is 61.5 Å². The van der Waals surface area contributed by atoms with Crippen LogP contribution < -0.4 is 5.32 Å². The van der Waals surface area contributed by atoms with Crippen molar-refractivity contribution < 1.29 is 4.79 Å². The molecule has 3 nitrogen and oxygen atoms in total. The van der Waals surface area contributed by atoms with Crippen molar-refractivity contribution in [2.24, 2.45) is 0 Å². The van der Waals surface area contributed by atoms with Gasteiger partial charge in [0.2, 0.25) is 0 Å². The van der Waals surface area contributed by atoms with Gasteiger partial charge >= 0.3 is 0 Å². The number of nitrogens with one attached hydrogen (secondary N) is 1. The number of benzene rings is 1. The third-order valence-corrected chi connectivity index (χ3v) is 4.48. The van der Waals surface area contributed by atoms with E-state index in [2.05, 4.69) is 27.9 Å². The van der Waals surface area contributed by atoms with Gasteiger partial charge in [0.25, 0.3) is 5.91 Å². The van der Waals surface area contributed by atoms with Crippen molar-refractivity contribution in [3.8, 4) is 0 Å². The van der Waals surface area contributed by atoms with Gasteiger partial charge in [-0.3, -0.25) is 4.79 Å². The quantitative estimate of drug-likeness (QED) is 0.824. The third-order valence-electron chi connectivity index (χ3n) is 3.54. The number of aryl methyl sites for hydroxylation is 1. The fourth-order valence-corrected chi connectivity index (χ4v) is 2.91. The van der Waals surface area contributed by atoms with Crippen LogP contribution in [-0.4, -0.2) is 37.0 Å². The van der Waals surface area contributed by atoms with E-state index in [0.717, 1.165) is 40.6 Å². The molecular formula is C14H19IN2O. The first-order chi connectivity index (χ1) is 8.61. The number of amides is 1. The largest absolute Gasteiger partial charge is 0.338 e. The van der Waals surface area contributed by atoms with E-state index in [1.807, 2.05) is 37.1 Å². The summed E-state index contributed by atoms with van der Waals surface area (Å²) in [5.74, 6) is 0.178. The molecule has 2 rings (SSSR count). The van der Waals surface area contributed by atoms with Crippen molar-refractivity contribution in [3.63, 3.8) is 0 Å². The fraction of sp³-hybridized carbons (Fsp3) is 0.500. The maximum absolute atomic E-state index is 12.5. The van der Waals surface area contributed by atoms with Crippen LogP contribution in [0.5, 0.6) is 0 Å². The molecule has 0 unspecified atom stereocenters. The van der Waals surface area contributed by atoms with Gasteiger partial charge in [-0.1, -0.05) is 11.6 Å². The topological polar surface area (TPSA) is 32.3 Å². The van der Waals surface area contributed by atoms with E-state index >= 15 is 0 Å². The Bertz CT molecular complexity index is 439. The molecule has 1 aromatic rings. The van der Waals surface area contributed by atoms with Crippen LogP contribution in [-0.2, 0) is 0 Å². The number of piperidine rings is 1. The fourth-order valence-electron chi connectivity index (χ4n) is 2.34. The zero-order valence-electron chi connectivity index (χ0n) is 10.9. The van der Waals surface area contributed by atoms with Crippen LogP contribution in [0.15, 0.2) is 18.2 Å². The van der Waals surface area contributed by atoms with Crippen molar-refractivity contribution in [1.82, 2.24) is 10.2 Å². The number of carbonyl (C=O) groups excluding carboxylic acids is 1. The molecule has 0 bridgehead atoms. The molecule has 0 spiro atoms. The molecule has 1 heterocycles. The van der Waals surface area contributed by atoms with Crippen molar-refractivity contribution in [2.45, 2.75) is 25.8 Å². The van der Waals surface area contributed by atoms with Crippen LogP contribution in [0.3, 0.4) is 0 Å². The van der Waals surface area contributed by atoms with E-state index in [1.165, 1.54) is 0 Å². The molecule has 1 N–H and O–H groups in total. The van der Waals surface area contributed by atoms with Crippen molar-refractivity contribution in [3.05, 3.63) is 32.9 Å². The molecule has 0 aromatic heterocycles. The minimum absolute atomic E-state index is 0.178. The summed E-state index contributed by atoms with van der Waals surface area (Å²) < 4.78 is 1.04. The lowest BCUT2D eigenvalue weighted by atomic mass is 10.0. The molecule has 1 amide bonds. The summed E-state index contributed by atoms with van der Waals surface area (Å²) in [7, 11) is 1.99. The lowest BCUT2D eigenvalue weighted by Gasteiger charge is -2.32. The predicted octanol–water partition coefficient (Wildman–Crippen LogP) is 2.42. The van der Waals surface area contributed by atoms with E-state index in [0.29, 0.717) is 6.04 Å². The summed E-state index contributed by atoms with van der Waals surface area (Å²) in [6.45, 7) is 3.74. The van der Waals surface area contributed by atoms with Gasteiger partial charge in [-0.15, -0.1) is 0 Å². The summed E-state index contributed by atoms with van der Waals surface area (Å²) in [5.41, 5.74) is 1.99. The molecule has 0 radical (unpaired) electrons. The van der Waals surface area contributed by atoms with Gasteiger partial charge in [0.05, 0.1) is 5.56 Å². The van der Waals surface area contributed by atoms with Crippen molar-refractivity contribution in [2.75, 3.05) is 20.1 Å². The van der Waals surface area contributed by atoms with Crippen LogP contribution in [0.25, 0.3) is 0 Å². The molecule has 1 fully saturated rings. The second-order valence-corrected chi connectivity index (χ2v) is 6.00. The maximum atomic E-state index is 12.5. The Labute approximate surface area is 122 Å². The molecule has 1 aliphatic rings. The molecule has 4 heteroatoms. The Kier molecular flexibility index (Phi) is 4.61. The van der Waals surface area contributed by atoms with E-state index in [1.54, 1.807) is 0 Å². The van der Waals surface area contributed by atoms with E-state index in [9.17, 15) is 4.79 Å². The first kappa shape index (κ1) is 13.8. The number of hydrogen-bond acceptors (Lipinski definition) is 2. The smallest absolute Gasteiger partial charge is 0.254 e. The molecule has 98 valence electrons. The second kappa shape index (κ2) is 6.02. The standard InChI is InChI=1S/C14H19IN2O/c1-10-3-4-13(15)12(9-10)14(18)17-7-5-11(16-2)6-8-17/h3-4,9,11,16H,5-8H2,1-2H3. The Morgan fingerprint density at radius 2 is 2.06 bits per heavy atom. The molecule has 1 aromatic carbocycles. The highest BCUT2D eigenvalue weighted by molar-refractivity contribution is 14.1. The summed E-state index contributed by atoms with van der Waals surface area (Å²) >= 11 is 2.24. The summed E-state index contributed by atoms with van der Waals surface area (Å²) in [4.78, 5) is 14.4. The molecule has 0 saturated carbocycles. The number of carbonyl (C=O) groups is 1. The molecule has 1 saturated heterocycles. The number of halogens is 1. The van der Waals surface area contributed by atoms with Crippen LogP contribution in [0.2, 0.25) is 0 Å². The van der Waals surface area contributed by atoms with E-state index in [-0.39, 0.29) is 5.91 Å². The summed E-state index contributed by atoms with van der Waals surface area (Å²) in [6, 6.07) is 6.62. The molecule has 0 atom stereocenters. The molecule has 18 heavy (non-hydrogen) atoms. The average Bonchev–Trinajstić information content (AvgIpc) is 2.41. The second-order valence-electron chi connectivity index (χ2n) is 4.84. The Balaban J connectivity index is 2.10. The zero-order valence-corrected chi connectivity index (χ0v) is 13.0. The molecule has 1 aliphatic heterocycles. The Morgan fingerprint density at radius 1 is 1.39 bits per heavy atom. The molecule has 0 aliphatic carbocycles. The van der Waals surface area contributed by atoms with E-state index < -0.39 is 0 Å². The van der Waals surface area contributed by atoms with Gasteiger partial charge in [0.15, 0.2) is 0 Å². The van der Waals surface area contributed by atoms with Crippen molar-refractivity contribution in [1.29, 1.82) is 0 Å².